The number of hydrogen-bond donors (Lipinski definition) is 1. The largest absolute Gasteiger partial charge is 0.465 e. The van der Waals surface area contributed by atoms with Crippen molar-refractivity contribution in [3.8, 4) is 0 Å². The van der Waals surface area contributed by atoms with Crippen LogP contribution in [0.3, 0.4) is 0 Å². The van der Waals surface area contributed by atoms with Crippen LogP contribution in [-0.2, 0) is 17.8 Å². The normalized spacial score (nSPS) is 10.5. The molecular weight excluding hydrogens is 264 g/mol. The van der Waals surface area contributed by atoms with Crippen LogP contribution in [0, 0.1) is 13.8 Å². The molecule has 1 aromatic carbocycles. The molecule has 4 heteroatoms. The van der Waals surface area contributed by atoms with Gasteiger partial charge in [0.05, 0.1) is 12.7 Å². The minimum absolute atomic E-state index is 0.317. The van der Waals surface area contributed by atoms with E-state index < -0.39 is 0 Å². The van der Waals surface area contributed by atoms with Gasteiger partial charge in [0.2, 0.25) is 0 Å². The second-order valence-corrected chi connectivity index (χ2v) is 5.07. The molecule has 0 atom stereocenters. The lowest BCUT2D eigenvalue weighted by atomic mass is 10.2. The number of nitrogens with zero attached hydrogens (tertiary/aromatic N) is 1. The summed E-state index contributed by atoms with van der Waals surface area (Å²) in [6.07, 6.45) is 0. The average Bonchev–Trinajstić information content (AvgIpc) is 2.78. The van der Waals surface area contributed by atoms with Crippen LogP contribution in [0.2, 0.25) is 0 Å². The highest BCUT2D eigenvalue weighted by Gasteiger charge is 2.08. The van der Waals surface area contributed by atoms with Gasteiger partial charge in [-0.15, -0.1) is 0 Å². The summed E-state index contributed by atoms with van der Waals surface area (Å²) in [7, 11) is 1.39. The molecule has 0 spiro atoms. The summed E-state index contributed by atoms with van der Waals surface area (Å²) in [5, 5.41) is 3.36. The first-order valence-corrected chi connectivity index (χ1v) is 7.14. The van der Waals surface area contributed by atoms with E-state index in [4.69, 9.17) is 4.74 Å². The monoisotopic (exact) mass is 286 g/mol. The molecule has 112 valence electrons. The Morgan fingerprint density at radius 3 is 2.67 bits per heavy atom. The van der Waals surface area contributed by atoms with E-state index in [0.717, 1.165) is 18.8 Å². The maximum atomic E-state index is 11.5. The molecule has 0 unspecified atom stereocenters. The van der Waals surface area contributed by atoms with E-state index in [9.17, 15) is 4.79 Å². The summed E-state index contributed by atoms with van der Waals surface area (Å²) in [4.78, 5) is 11.5. The number of hydrogen-bond acceptors (Lipinski definition) is 3. The van der Waals surface area contributed by atoms with Crippen molar-refractivity contribution in [1.82, 2.24) is 4.57 Å². The zero-order valence-electron chi connectivity index (χ0n) is 13.1. The lowest BCUT2D eigenvalue weighted by Gasteiger charge is -2.09. The number of ether oxygens (including phenoxy) is 1. The van der Waals surface area contributed by atoms with Crippen molar-refractivity contribution >= 4 is 11.7 Å². The molecular formula is C17H22N2O2. The van der Waals surface area contributed by atoms with Crippen molar-refractivity contribution in [3.05, 3.63) is 52.8 Å². The fourth-order valence-electron chi connectivity index (χ4n) is 2.61. The van der Waals surface area contributed by atoms with Gasteiger partial charge in [0, 0.05) is 30.2 Å². The number of aromatic nitrogens is 1. The van der Waals surface area contributed by atoms with E-state index in [0.29, 0.717) is 5.56 Å². The molecule has 21 heavy (non-hydrogen) atoms. The Morgan fingerprint density at radius 2 is 2.05 bits per heavy atom. The summed E-state index contributed by atoms with van der Waals surface area (Å²) in [6.45, 7) is 8.13. The van der Waals surface area contributed by atoms with Gasteiger partial charge in [-0.1, -0.05) is 6.07 Å². The highest BCUT2D eigenvalue weighted by molar-refractivity contribution is 5.90. The standard InChI is InChI=1S/C17H22N2O2/c1-5-19-12(2)9-15(13(19)3)11-18-16-8-6-7-14(10-16)17(20)21-4/h6-10,18H,5,11H2,1-4H3. The molecule has 1 heterocycles. The number of rotatable bonds is 5. The lowest BCUT2D eigenvalue weighted by molar-refractivity contribution is 0.0601. The molecule has 0 fully saturated rings. The van der Waals surface area contributed by atoms with E-state index in [1.54, 1.807) is 6.07 Å². The number of benzene rings is 1. The summed E-state index contributed by atoms with van der Waals surface area (Å²) >= 11 is 0. The van der Waals surface area contributed by atoms with Gasteiger partial charge in [-0.3, -0.25) is 0 Å². The third kappa shape index (κ3) is 3.27. The first kappa shape index (κ1) is 15.2. The minimum Gasteiger partial charge on any atom is -0.465 e. The molecule has 0 aliphatic carbocycles. The van der Waals surface area contributed by atoms with Gasteiger partial charge in [-0.25, -0.2) is 4.79 Å². The molecule has 0 aliphatic rings. The van der Waals surface area contributed by atoms with E-state index in [-0.39, 0.29) is 5.97 Å². The van der Waals surface area contributed by atoms with Crippen LogP contribution in [0.1, 0.15) is 34.2 Å². The Morgan fingerprint density at radius 1 is 1.29 bits per heavy atom. The van der Waals surface area contributed by atoms with Crippen molar-refractivity contribution in [1.29, 1.82) is 0 Å². The summed E-state index contributed by atoms with van der Waals surface area (Å²) in [6, 6.07) is 9.57. The van der Waals surface area contributed by atoms with Crippen LogP contribution in [-0.4, -0.2) is 17.6 Å². The van der Waals surface area contributed by atoms with Crippen molar-refractivity contribution in [2.75, 3.05) is 12.4 Å². The van der Waals surface area contributed by atoms with Crippen molar-refractivity contribution in [3.63, 3.8) is 0 Å². The summed E-state index contributed by atoms with van der Waals surface area (Å²) < 4.78 is 7.03. The minimum atomic E-state index is -0.317. The molecule has 0 amide bonds. The van der Waals surface area contributed by atoms with Gasteiger partial charge >= 0.3 is 5.97 Å². The number of carbonyl (C=O) groups is 1. The summed E-state index contributed by atoms with van der Waals surface area (Å²) in [5.74, 6) is -0.317. The molecule has 0 bridgehead atoms. The predicted molar refractivity (Wildman–Crippen MR) is 84.7 cm³/mol. The highest BCUT2D eigenvalue weighted by Crippen LogP contribution is 2.18. The van der Waals surface area contributed by atoms with Crippen LogP contribution in [0.5, 0.6) is 0 Å². The van der Waals surface area contributed by atoms with Gasteiger partial charge in [-0.2, -0.15) is 0 Å². The molecule has 4 nitrogen and oxygen atoms in total. The third-order valence-corrected chi connectivity index (χ3v) is 3.76. The molecule has 0 radical (unpaired) electrons. The quantitative estimate of drug-likeness (QED) is 0.855. The van der Waals surface area contributed by atoms with Gasteiger partial charge in [0.15, 0.2) is 0 Å². The SMILES string of the molecule is CCn1c(C)cc(CNc2cccc(C(=O)OC)c2)c1C. The molecule has 2 rings (SSSR count). The predicted octanol–water partition coefficient (Wildman–Crippen LogP) is 3.52. The fourth-order valence-corrected chi connectivity index (χ4v) is 2.61. The average molecular weight is 286 g/mol. The van der Waals surface area contributed by atoms with Crippen LogP contribution in [0.25, 0.3) is 0 Å². The Kier molecular flexibility index (Phi) is 4.68. The van der Waals surface area contributed by atoms with Crippen LogP contribution < -0.4 is 5.32 Å². The number of anilines is 1. The number of esters is 1. The van der Waals surface area contributed by atoms with Crippen molar-refractivity contribution in [2.45, 2.75) is 33.9 Å². The lowest BCUT2D eigenvalue weighted by Crippen LogP contribution is -2.05. The topological polar surface area (TPSA) is 43.3 Å². The molecule has 0 saturated heterocycles. The number of carbonyl (C=O) groups excluding carboxylic acids is 1. The van der Waals surface area contributed by atoms with Gasteiger partial charge in [0.25, 0.3) is 0 Å². The van der Waals surface area contributed by atoms with E-state index in [1.807, 2.05) is 18.2 Å². The second kappa shape index (κ2) is 6.48. The zero-order valence-corrected chi connectivity index (χ0v) is 13.1. The van der Waals surface area contributed by atoms with E-state index in [1.165, 1.54) is 24.1 Å². The fraction of sp³-hybridized carbons (Fsp3) is 0.353. The Labute approximate surface area is 125 Å². The van der Waals surface area contributed by atoms with E-state index >= 15 is 0 Å². The van der Waals surface area contributed by atoms with E-state index in [2.05, 4.69) is 36.7 Å². The van der Waals surface area contributed by atoms with Crippen molar-refractivity contribution < 1.29 is 9.53 Å². The third-order valence-electron chi connectivity index (χ3n) is 3.76. The van der Waals surface area contributed by atoms with Gasteiger partial charge in [0.1, 0.15) is 0 Å². The van der Waals surface area contributed by atoms with Crippen LogP contribution in [0.4, 0.5) is 5.69 Å². The maximum absolute atomic E-state index is 11.5. The summed E-state index contributed by atoms with van der Waals surface area (Å²) in [5.41, 5.74) is 5.31. The smallest absolute Gasteiger partial charge is 0.337 e. The van der Waals surface area contributed by atoms with Gasteiger partial charge in [-0.05, 0) is 50.6 Å². The van der Waals surface area contributed by atoms with Crippen LogP contribution in [0.15, 0.2) is 30.3 Å². The number of aryl methyl sites for hydroxylation is 1. The first-order chi connectivity index (χ1) is 10.1. The number of methoxy groups -OCH3 is 1. The Hall–Kier alpha value is -2.23. The Balaban J connectivity index is 2.12. The molecule has 1 N–H and O–H groups in total. The van der Waals surface area contributed by atoms with Crippen LogP contribution >= 0.6 is 0 Å². The maximum Gasteiger partial charge on any atom is 0.337 e. The van der Waals surface area contributed by atoms with Crippen molar-refractivity contribution in [2.24, 2.45) is 0 Å². The second-order valence-electron chi connectivity index (χ2n) is 5.07. The molecule has 2 aromatic rings. The molecule has 1 aromatic heterocycles. The zero-order chi connectivity index (χ0) is 15.4. The van der Waals surface area contributed by atoms with Gasteiger partial charge < -0.3 is 14.6 Å². The first-order valence-electron chi connectivity index (χ1n) is 7.14. The molecule has 0 saturated carbocycles. The number of nitrogens with one attached hydrogen (secondary N) is 1. The Bertz CT molecular complexity index is 644. The highest BCUT2D eigenvalue weighted by atomic mass is 16.5. The molecule has 0 aliphatic heterocycles.